The predicted octanol–water partition coefficient (Wildman–Crippen LogP) is 1.43. The van der Waals surface area contributed by atoms with Crippen molar-refractivity contribution < 1.29 is 28.7 Å². The second kappa shape index (κ2) is 8.24. The Bertz CT molecular complexity index is 766. The number of benzene rings is 1. The first-order valence-corrected chi connectivity index (χ1v) is 9.01. The summed E-state index contributed by atoms with van der Waals surface area (Å²) in [5, 5.41) is 2.86. The van der Waals surface area contributed by atoms with Gasteiger partial charge in [-0.15, -0.1) is 0 Å². The van der Waals surface area contributed by atoms with Crippen molar-refractivity contribution in [1.29, 1.82) is 0 Å². The van der Waals surface area contributed by atoms with Crippen LogP contribution in [0.15, 0.2) is 12.1 Å². The molecule has 1 aromatic carbocycles. The van der Waals surface area contributed by atoms with Gasteiger partial charge in [0, 0.05) is 13.2 Å². The number of nitrogens with zero attached hydrogens (tertiary/aromatic N) is 1. The van der Waals surface area contributed by atoms with Crippen LogP contribution in [0.25, 0.3) is 0 Å². The van der Waals surface area contributed by atoms with Crippen molar-refractivity contribution in [1.82, 2.24) is 10.2 Å². The van der Waals surface area contributed by atoms with E-state index in [4.69, 9.17) is 32.7 Å². The number of carbonyl (C=O) groups is 4. The van der Waals surface area contributed by atoms with Crippen LogP contribution in [0.4, 0.5) is 0 Å². The lowest BCUT2D eigenvalue weighted by Crippen LogP contribution is -2.38. The average Bonchev–Trinajstić information content (AvgIpc) is 3.23. The van der Waals surface area contributed by atoms with Crippen LogP contribution in [-0.2, 0) is 19.1 Å². The molecule has 144 valence electrons. The average molecular weight is 415 g/mol. The number of hydrogen-bond donors (Lipinski definition) is 1. The molecule has 1 aromatic rings. The van der Waals surface area contributed by atoms with Gasteiger partial charge in [-0.25, -0.2) is 0 Å². The lowest BCUT2D eigenvalue weighted by Gasteiger charge is -2.13. The normalized spacial score (nSPS) is 18.6. The van der Waals surface area contributed by atoms with E-state index in [1.807, 2.05) is 0 Å². The number of halogens is 2. The number of amides is 3. The Labute approximate surface area is 164 Å². The van der Waals surface area contributed by atoms with E-state index in [9.17, 15) is 19.2 Å². The standard InChI is InChI=1S/C17H16Cl2N2O6/c18-12-4-10-11(5-13(12)19)17(25)21(16(10)24)7-15(23)27-8-14(22)20-6-9-2-1-3-26-9/h4-5,9H,1-3,6-8H2,(H,20,22)/t9-/m0/s1. The van der Waals surface area contributed by atoms with Gasteiger partial charge in [0.1, 0.15) is 6.54 Å². The van der Waals surface area contributed by atoms with Crippen molar-refractivity contribution in [2.45, 2.75) is 18.9 Å². The van der Waals surface area contributed by atoms with Gasteiger partial charge in [0.15, 0.2) is 6.61 Å². The van der Waals surface area contributed by atoms with Gasteiger partial charge >= 0.3 is 5.97 Å². The lowest BCUT2D eigenvalue weighted by atomic mass is 10.1. The Morgan fingerprint density at radius 1 is 1.19 bits per heavy atom. The number of ether oxygens (including phenoxy) is 2. The van der Waals surface area contributed by atoms with Crippen LogP contribution in [0.3, 0.4) is 0 Å². The van der Waals surface area contributed by atoms with Gasteiger partial charge in [-0.05, 0) is 25.0 Å². The molecule has 10 heteroatoms. The van der Waals surface area contributed by atoms with E-state index in [2.05, 4.69) is 5.32 Å². The van der Waals surface area contributed by atoms with Gasteiger partial charge in [0.25, 0.3) is 17.7 Å². The highest BCUT2D eigenvalue weighted by Crippen LogP contribution is 2.31. The Hall–Kier alpha value is -2.16. The number of nitrogens with one attached hydrogen (secondary N) is 1. The molecule has 0 radical (unpaired) electrons. The molecule has 0 bridgehead atoms. The topological polar surface area (TPSA) is 102 Å². The molecule has 8 nitrogen and oxygen atoms in total. The second-order valence-corrected chi connectivity index (χ2v) is 6.92. The molecule has 1 atom stereocenters. The van der Waals surface area contributed by atoms with Crippen molar-refractivity contribution >= 4 is 46.9 Å². The first-order chi connectivity index (χ1) is 12.9. The molecule has 2 aliphatic rings. The van der Waals surface area contributed by atoms with Crippen LogP contribution in [0.5, 0.6) is 0 Å². The molecule has 0 aromatic heterocycles. The first-order valence-electron chi connectivity index (χ1n) is 8.26. The summed E-state index contributed by atoms with van der Waals surface area (Å²) in [4.78, 5) is 48.9. The number of fused-ring (bicyclic) bond motifs is 1. The maximum atomic E-state index is 12.3. The Kier molecular flexibility index (Phi) is 5.98. The number of esters is 1. The zero-order valence-electron chi connectivity index (χ0n) is 14.1. The summed E-state index contributed by atoms with van der Waals surface area (Å²) in [7, 11) is 0. The minimum Gasteiger partial charge on any atom is -0.454 e. The van der Waals surface area contributed by atoms with Crippen LogP contribution >= 0.6 is 23.2 Å². The van der Waals surface area contributed by atoms with E-state index in [-0.39, 0.29) is 27.3 Å². The van der Waals surface area contributed by atoms with Gasteiger partial charge in [0.2, 0.25) is 0 Å². The quantitative estimate of drug-likeness (QED) is 0.557. The van der Waals surface area contributed by atoms with Gasteiger partial charge in [-0.3, -0.25) is 24.1 Å². The third-order valence-corrected chi connectivity index (χ3v) is 4.94. The maximum Gasteiger partial charge on any atom is 0.326 e. The number of carbonyl (C=O) groups excluding carboxylic acids is 4. The summed E-state index contributed by atoms with van der Waals surface area (Å²) in [5.41, 5.74) is 0.132. The molecular formula is C17H16Cl2N2O6. The van der Waals surface area contributed by atoms with Gasteiger partial charge in [-0.2, -0.15) is 0 Å². The van der Waals surface area contributed by atoms with Gasteiger partial charge in [-0.1, -0.05) is 23.2 Å². The largest absolute Gasteiger partial charge is 0.454 e. The van der Waals surface area contributed by atoms with Crippen molar-refractivity contribution in [3.05, 3.63) is 33.3 Å². The van der Waals surface area contributed by atoms with Crippen LogP contribution in [0.1, 0.15) is 33.6 Å². The van der Waals surface area contributed by atoms with Crippen molar-refractivity contribution in [3.63, 3.8) is 0 Å². The van der Waals surface area contributed by atoms with E-state index < -0.39 is 36.8 Å². The molecule has 0 saturated carbocycles. The summed E-state index contributed by atoms with van der Waals surface area (Å²) in [6.07, 6.45) is 1.79. The molecule has 3 rings (SSSR count). The summed E-state index contributed by atoms with van der Waals surface area (Å²) < 4.78 is 10.2. The highest BCUT2D eigenvalue weighted by Gasteiger charge is 2.37. The lowest BCUT2D eigenvalue weighted by molar-refractivity contribution is -0.148. The second-order valence-electron chi connectivity index (χ2n) is 6.11. The monoisotopic (exact) mass is 414 g/mol. The Morgan fingerprint density at radius 2 is 1.81 bits per heavy atom. The third-order valence-electron chi connectivity index (χ3n) is 4.21. The third kappa shape index (κ3) is 4.40. The predicted molar refractivity (Wildman–Crippen MR) is 94.8 cm³/mol. The summed E-state index contributed by atoms with van der Waals surface area (Å²) >= 11 is 11.7. The fourth-order valence-corrected chi connectivity index (χ4v) is 3.16. The number of hydrogen-bond acceptors (Lipinski definition) is 6. The van der Waals surface area contributed by atoms with Gasteiger partial charge in [0.05, 0.1) is 27.3 Å². The molecule has 1 N–H and O–H groups in total. The summed E-state index contributed by atoms with van der Waals surface area (Å²) in [5.74, 6) is -2.71. The zero-order valence-corrected chi connectivity index (χ0v) is 15.6. The summed E-state index contributed by atoms with van der Waals surface area (Å²) in [6, 6.07) is 2.56. The SMILES string of the molecule is O=C(COC(=O)CN1C(=O)c2cc(Cl)c(Cl)cc2C1=O)NC[C@@H]1CCCO1. The van der Waals surface area contributed by atoms with Crippen LogP contribution in [-0.4, -0.2) is 61.0 Å². The van der Waals surface area contributed by atoms with E-state index >= 15 is 0 Å². The van der Waals surface area contributed by atoms with Crippen LogP contribution in [0.2, 0.25) is 10.0 Å². The number of imide groups is 1. The molecule has 0 spiro atoms. The van der Waals surface area contributed by atoms with E-state index in [1.54, 1.807) is 0 Å². The fourth-order valence-electron chi connectivity index (χ4n) is 2.83. The minimum atomic E-state index is -0.881. The molecule has 1 fully saturated rings. The molecule has 0 aliphatic carbocycles. The van der Waals surface area contributed by atoms with Crippen molar-refractivity contribution in [3.8, 4) is 0 Å². The smallest absolute Gasteiger partial charge is 0.326 e. The molecule has 2 heterocycles. The van der Waals surface area contributed by atoms with Crippen LogP contribution in [0, 0.1) is 0 Å². The van der Waals surface area contributed by atoms with E-state index in [0.717, 1.165) is 17.7 Å². The molecule has 0 unspecified atom stereocenters. The first kappa shape index (κ1) is 19.6. The van der Waals surface area contributed by atoms with Crippen LogP contribution < -0.4 is 5.32 Å². The molecule has 2 aliphatic heterocycles. The van der Waals surface area contributed by atoms with E-state index in [1.165, 1.54) is 12.1 Å². The highest BCUT2D eigenvalue weighted by molar-refractivity contribution is 6.43. The molecule has 27 heavy (non-hydrogen) atoms. The molecular weight excluding hydrogens is 399 g/mol. The minimum absolute atomic E-state index is 0.0263. The van der Waals surface area contributed by atoms with Gasteiger partial charge < -0.3 is 14.8 Å². The zero-order chi connectivity index (χ0) is 19.6. The number of rotatable bonds is 6. The van der Waals surface area contributed by atoms with Crippen molar-refractivity contribution in [2.75, 3.05) is 26.3 Å². The molecule has 1 saturated heterocycles. The van der Waals surface area contributed by atoms with Crippen molar-refractivity contribution in [2.24, 2.45) is 0 Å². The highest BCUT2D eigenvalue weighted by atomic mass is 35.5. The fraction of sp³-hybridized carbons (Fsp3) is 0.412. The maximum absolute atomic E-state index is 12.3. The Balaban J connectivity index is 1.50. The van der Waals surface area contributed by atoms with E-state index in [0.29, 0.717) is 13.2 Å². The summed E-state index contributed by atoms with van der Waals surface area (Å²) in [6.45, 7) is -0.102. The Morgan fingerprint density at radius 3 is 2.37 bits per heavy atom. The molecule has 3 amide bonds.